The van der Waals surface area contributed by atoms with E-state index in [0.717, 1.165) is 22.4 Å². The van der Waals surface area contributed by atoms with Gasteiger partial charge in [0.05, 0.1) is 11.0 Å². The lowest BCUT2D eigenvalue weighted by Gasteiger charge is -2.19. The Morgan fingerprint density at radius 2 is 1.00 bits per heavy atom. The van der Waals surface area contributed by atoms with Crippen molar-refractivity contribution in [2.24, 2.45) is 0 Å². The summed E-state index contributed by atoms with van der Waals surface area (Å²) in [6, 6.07) is 69.9. The minimum Gasteiger partial charge on any atom is -0.309 e. The minimum atomic E-state index is 1.02. The molecule has 0 radical (unpaired) electrons. The third kappa shape index (κ3) is 5.54. The fourth-order valence-electron chi connectivity index (χ4n) is 7.69. The van der Waals surface area contributed by atoms with E-state index in [0.29, 0.717) is 0 Å². The highest BCUT2D eigenvalue weighted by Gasteiger charge is 2.19. The zero-order valence-electron chi connectivity index (χ0n) is 29.1. The number of nitrogens with zero attached hydrogens (tertiary/aromatic N) is 1. The molecule has 0 aliphatic rings. The average molecular weight is 664 g/mol. The first-order valence-electron chi connectivity index (χ1n) is 17.9. The first kappa shape index (κ1) is 31.3. The highest BCUT2D eigenvalue weighted by atomic mass is 15.0. The van der Waals surface area contributed by atoms with Crippen LogP contribution < -0.4 is 0 Å². The number of rotatable bonds is 7. The highest BCUT2D eigenvalue weighted by molar-refractivity contribution is 6.12. The van der Waals surface area contributed by atoms with Crippen LogP contribution in [0.1, 0.15) is 16.7 Å². The van der Waals surface area contributed by atoms with Crippen LogP contribution in [-0.2, 0) is 0 Å². The number of benzene rings is 8. The molecule has 246 valence electrons. The molecule has 0 fully saturated rings. The van der Waals surface area contributed by atoms with E-state index in [1.165, 1.54) is 71.9 Å². The molecule has 52 heavy (non-hydrogen) atoms. The van der Waals surface area contributed by atoms with Crippen molar-refractivity contribution in [3.8, 4) is 50.2 Å². The van der Waals surface area contributed by atoms with Crippen molar-refractivity contribution >= 4 is 27.4 Å². The van der Waals surface area contributed by atoms with Crippen LogP contribution in [0.15, 0.2) is 201 Å². The van der Waals surface area contributed by atoms with E-state index in [1.807, 2.05) is 0 Å². The van der Waals surface area contributed by atoms with E-state index < -0.39 is 0 Å². The van der Waals surface area contributed by atoms with Crippen LogP contribution in [0.2, 0.25) is 0 Å². The molecule has 0 aliphatic carbocycles. The van der Waals surface area contributed by atoms with E-state index >= 15 is 0 Å². The Balaban J connectivity index is 1.24. The van der Waals surface area contributed by atoms with Gasteiger partial charge in [0.25, 0.3) is 0 Å². The van der Waals surface area contributed by atoms with Crippen molar-refractivity contribution in [2.75, 3.05) is 0 Å². The van der Waals surface area contributed by atoms with Crippen LogP contribution in [0.5, 0.6) is 0 Å². The zero-order chi connectivity index (χ0) is 35.0. The van der Waals surface area contributed by atoms with Gasteiger partial charge in [-0.3, -0.25) is 0 Å². The van der Waals surface area contributed by atoms with Gasteiger partial charge < -0.3 is 4.57 Å². The van der Waals surface area contributed by atoms with Crippen LogP contribution in [0, 0.1) is 6.92 Å². The number of fused-ring (bicyclic) bond motifs is 3. The Morgan fingerprint density at radius 3 is 1.73 bits per heavy atom. The third-order valence-electron chi connectivity index (χ3n) is 10.3. The monoisotopic (exact) mass is 663 g/mol. The first-order valence-corrected chi connectivity index (χ1v) is 17.9. The van der Waals surface area contributed by atoms with Crippen LogP contribution in [0.25, 0.3) is 77.6 Å². The van der Waals surface area contributed by atoms with Crippen molar-refractivity contribution in [2.45, 2.75) is 6.92 Å². The third-order valence-corrected chi connectivity index (χ3v) is 10.3. The number of hydrogen-bond acceptors (Lipinski definition) is 0. The lowest BCUT2D eigenvalue weighted by atomic mass is 9.84. The SMILES string of the molecule is C=C(c1ccccc1)c1cccc(-c2ccc3c4cc(-c5ccc(-c6ccccc6)cc5)ccc4n(-c4ccccc4)c3c2)c1-c1ccccc1C. The maximum absolute atomic E-state index is 4.63. The summed E-state index contributed by atoms with van der Waals surface area (Å²) >= 11 is 0. The molecular weight excluding hydrogens is 627 g/mol. The second kappa shape index (κ2) is 13.2. The molecule has 0 saturated carbocycles. The van der Waals surface area contributed by atoms with Crippen LogP contribution >= 0.6 is 0 Å². The van der Waals surface area contributed by atoms with Crippen molar-refractivity contribution in [1.82, 2.24) is 4.57 Å². The molecule has 0 aliphatic heterocycles. The van der Waals surface area contributed by atoms with Crippen LogP contribution in [0.4, 0.5) is 0 Å². The van der Waals surface area contributed by atoms with Crippen LogP contribution in [-0.4, -0.2) is 4.57 Å². The summed E-state index contributed by atoms with van der Waals surface area (Å²) in [7, 11) is 0. The summed E-state index contributed by atoms with van der Waals surface area (Å²) in [5, 5.41) is 2.47. The van der Waals surface area contributed by atoms with Gasteiger partial charge in [0.2, 0.25) is 0 Å². The first-order chi connectivity index (χ1) is 25.6. The Labute approximate surface area is 305 Å². The van der Waals surface area contributed by atoms with Gasteiger partial charge in [-0.05, 0) is 104 Å². The van der Waals surface area contributed by atoms with E-state index in [4.69, 9.17) is 0 Å². The van der Waals surface area contributed by atoms with Gasteiger partial charge in [-0.25, -0.2) is 0 Å². The van der Waals surface area contributed by atoms with Gasteiger partial charge in [0.15, 0.2) is 0 Å². The molecule has 0 saturated heterocycles. The lowest BCUT2D eigenvalue weighted by molar-refractivity contribution is 1.18. The molecule has 0 unspecified atom stereocenters. The molecule has 0 amide bonds. The van der Waals surface area contributed by atoms with Crippen molar-refractivity contribution in [1.29, 1.82) is 0 Å². The van der Waals surface area contributed by atoms with E-state index in [9.17, 15) is 0 Å². The van der Waals surface area contributed by atoms with Crippen LogP contribution in [0.3, 0.4) is 0 Å². The Bertz CT molecular complexity index is 2720. The fourth-order valence-corrected chi connectivity index (χ4v) is 7.69. The van der Waals surface area contributed by atoms with Crippen molar-refractivity contribution < 1.29 is 0 Å². The standard InChI is InChI=1S/C51H37N/c1-35-15-12-13-22-44(35)51-45(36(2)37-16-6-3-7-17-37)23-14-24-46(51)42-29-31-47-48-33-41(40-27-25-39(26-28-40)38-18-8-4-9-19-38)30-32-49(48)52(50(47)34-42)43-20-10-5-11-21-43/h3-34H,2H2,1H3. The summed E-state index contributed by atoms with van der Waals surface area (Å²) in [6.07, 6.45) is 0. The smallest absolute Gasteiger partial charge is 0.0547 e. The summed E-state index contributed by atoms with van der Waals surface area (Å²) in [6.45, 7) is 6.83. The summed E-state index contributed by atoms with van der Waals surface area (Å²) < 4.78 is 2.41. The maximum atomic E-state index is 4.63. The summed E-state index contributed by atoms with van der Waals surface area (Å²) in [5.41, 5.74) is 17.7. The van der Waals surface area contributed by atoms with E-state index in [-0.39, 0.29) is 0 Å². The topological polar surface area (TPSA) is 4.93 Å². The Hall–Kier alpha value is -6.70. The Kier molecular flexibility index (Phi) is 7.95. The molecule has 9 aromatic rings. The minimum absolute atomic E-state index is 1.02. The Morgan fingerprint density at radius 1 is 0.423 bits per heavy atom. The van der Waals surface area contributed by atoms with Gasteiger partial charge in [0, 0.05) is 16.5 Å². The second-order valence-corrected chi connectivity index (χ2v) is 13.5. The summed E-state index contributed by atoms with van der Waals surface area (Å²) in [5.74, 6) is 0. The average Bonchev–Trinajstić information content (AvgIpc) is 3.54. The van der Waals surface area contributed by atoms with Gasteiger partial charge in [-0.15, -0.1) is 0 Å². The van der Waals surface area contributed by atoms with Gasteiger partial charge in [-0.1, -0.05) is 170 Å². The number of aromatic nitrogens is 1. The molecule has 0 N–H and O–H groups in total. The molecule has 8 aromatic carbocycles. The van der Waals surface area contributed by atoms with E-state index in [2.05, 4.69) is 212 Å². The second-order valence-electron chi connectivity index (χ2n) is 13.5. The molecule has 0 spiro atoms. The lowest BCUT2D eigenvalue weighted by Crippen LogP contribution is -1.97. The molecule has 9 rings (SSSR count). The molecule has 0 atom stereocenters. The molecule has 1 heterocycles. The van der Waals surface area contributed by atoms with Gasteiger partial charge in [-0.2, -0.15) is 0 Å². The van der Waals surface area contributed by atoms with E-state index in [1.54, 1.807) is 0 Å². The molecule has 1 nitrogen and oxygen atoms in total. The molecular formula is C51H37N. The number of aryl methyl sites for hydroxylation is 1. The molecule has 0 bridgehead atoms. The molecule has 1 aromatic heterocycles. The predicted octanol–water partition coefficient (Wildman–Crippen LogP) is 13.8. The van der Waals surface area contributed by atoms with Crippen molar-refractivity contribution in [3.63, 3.8) is 0 Å². The normalized spacial score (nSPS) is 11.2. The fraction of sp³-hybridized carbons (Fsp3) is 0.0196. The zero-order valence-corrected chi connectivity index (χ0v) is 29.1. The predicted molar refractivity (Wildman–Crippen MR) is 222 cm³/mol. The largest absolute Gasteiger partial charge is 0.309 e. The van der Waals surface area contributed by atoms with Gasteiger partial charge >= 0.3 is 0 Å². The summed E-state index contributed by atoms with van der Waals surface area (Å²) in [4.78, 5) is 0. The van der Waals surface area contributed by atoms with Gasteiger partial charge in [0.1, 0.15) is 0 Å². The molecule has 1 heteroatoms. The number of hydrogen-bond donors (Lipinski definition) is 0. The van der Waals surface area contributed by atoms with Crippen molar-refractivity contribution in [3.05, 3.63) is 217 Å². The maximum Gasteiger partial charge on any atom is 0.0547 e. The quantitative estimate of drug-likeness (QED) is 0.160. The number of para-hydroxylation sites is 1. The highest BCUT2D eigenvalue weighted by Crippen LogP contribution is 2.43.